The predicted octanol–water partition coefficient (Wildman–Crippen LogP) is -0.104. The molecular weight excluding hydrogens is 424 g/mol. The lowest BCUT2D eigenvalue weighted by molar-refractivity contribution is 0.0683. The molecule has 0 spiro atoms. The van der Waals surface area contributed by atoms with E-state index in [-0.39, 0.29) is 22.5 Å². The second-order valence-electron chi connectivity index (χ2n) is 5.82. The number of hydrogen-bond donors (Lipinski definition) is 1. The van der Waals surface area contributed by atoms with Crippen LogP contribution < -0.4 is 0 Å². The first kappa shape index (κ1) is 20.3. The summed E-state index contributed by atoms with van der Waals surface area (Å²) < 4.78 is 45.9. The summed E-state index contributed by atoms with van der Waals surface area (Å²) in [5.41, 5.74) is 0.716. The smallest absolute Gasteiger partial charge is 0.373 e. The lowest BCUT2D eigenvalue weighted by atomic mass is 10.1. The van der Waals surface area contributed by atoms with Crippen LogP contribution in [0.1, 0.15) is 10.6 Å². The van der Waals surface area contributed by atoms with Gasteiger partial charge in [-0.25, -0.2) is 51.5 Å². The third-order valence-corrected chi connectivity index (χ3v) is 5.18. The van der Waals surface area contributed by atoms with Crippen molar-refractivity contribution in [1.82, 2.24) is 29.9 Å². The van der Waals surface area contributed by atoms with Crippen molar-refractivity contribution in [2.45, 2.75) is 10.3 Å². The Morgan fingerprint density at radius 2 is 1.10 bits per heavy atom. The van der Waals surface area contributed by atoms with Crippen LogP contribution in [0.25, 0.3) is 22.5 Å². The average Bonchev–Trinajstić information content (AvgIpc) is 2.66. The summed E-state index contributed by atoms with van der Waals surface area (Å²) in [6.45, 7) is 0. The fourth-order valence-electron chi connectivity index (χ4n) is 2.12. The van der Waals surface area contributed by atoms with Gasteiger partial charge in [0.2, 0.25) is 35.8 Å². The maximum Gasteiger partial charge on any atom is 0.373 e. The number of sulfone groups is 2. The quantitative estimate of drug-likeness (QED) is 0.525. The molecule has 0 bridgehead atoms. The third-order valence-electron chi connectivity index (χ3n) is 3.43. The lowest BCUT2D eigenvalue weighted by Gasteiger charge is -2.07. The van der Waals surface area contributed by atoms with Gasteiger partial charge < -0.3 is 5.11 Å². The molecular formula is C15H12N6O6S2. The molecule has 0 aliphatic heterocycles. The van der Waals surface area contributed by atoms with E-state index >= 15 is 0 Å². The summed E-state index contributed by atoms with van der Waals surface area (Å²) in [5, 5.41) is 8.50. The number of aromatic carboxylic acids is 1. The topological polar surface area (TPSA) is 183 Å². The van der Waals surface area contributed by atoms with E-state index in [1.807, 2.05) is 0 Å². The van der Waals surface area contributed by atoms with Crippen molar-refractivity contribution in [3.63, 3.8) is 0 Å². The van der Waals surface area contributed by atoms with Gasteiger partial charge in [0.25, 0.3) is 0 Å². The molecule has 3 aromatic heterocycles. The van der Waals surface area contributed by atoms with Crippen molar-refractivity contribution in [3.05, 3.63) is 36.7 Å². The van der Waals surface area contributed by atoms with E-state index in [9.17, 15) is 26.7 Å². The van der Waals surface area contributed by atoms with Crippen LogP contribution in [0.15, 0.2) is 41.2 Å². The summed E-state index contributed by atoms with van der Waals surface area (Å²) in [6.07, 6.45) is 6.64. The molecule has 0 saturated heterocycles. The number of aromatic nitrogens is 6. The minimum absolute atomic E-state index is 0.111. The highest BCUT2D eigenvalue weighted by molar-refractivity contribution is 7.90. The highest BCUT2D eigenvalue weighted by Crippen LogP contribution is 2.23. The Balaban J connectivity index is 2.10. The van der Waals surface area contributed by atoms with E-state index in [0.29, 0.717) is 0 Å². The van der Waals surface area contributed by atoms with Crippen molar-refractivity contribution >= 4 is 25.6 Å². The molecule has 0 aliphatic rings. The monoisotopic (exact) mass is 436 g/mol. The Hall–Kier alpha value is -3.39. The zero-order chi connectivity index (χ0) is 21.4. The Labute approximate surface area is 164 Å². The number of rotatable bonds is 5. The normalized spacial score (nSPS) is 11.9. The van der Waals surface area contributed by atoms with Gasteiger partial charge in [0.05, 0.1) is 11.4 Å². The number of hydrogen-bond acceptors (Lipinski definition) is 11. The van der Waals surface area contributed by atoms with E-state index in [0.717, 1.165) is 12.5 Å². The van der Waals surface area contributed by atoms with Gasteiger partial charge in [-0.2, -0.15) is 0 Å². The van der Waals surface area contributed by atoms with Crippen LogP contribution in [-0.2, 0) is 19.7 Å². The highest BCUT2D eigenvalue weighted by Gasteiger charge is 2.17. The molecule has 0 aliphatic carbocycles. The van der Waals surface area contributed by atoms with Crippen LogP contribution in [-0.4, -0.2) is 70.3 Å². The molecule has 0 atom stereocenters. The zero-order valence-electron chi connectivity index (χ0n) is 14.9. The largest absolute Gasteiger partial charge is 0.475 e. The van der Waals surface area contributed by atoms with Crippen molar-refractivity contribution in [1.29, 1.82) is 0 Å². The van der Waals surface area contributed by atoms with Crippen LogP contribution in [0.3, 0.4) is 0 Å². The fourth-order valence-corrected chi connectivity index (χ4v) is 3.10. The standard InChI is InChI=1S/C15H12N6O6S2/c1-28(24,25)14-16-4-8(5-17-14)10-3-11(21-12(20-10)13(22)23)9-6-18-15(19-7-9)29(2,26)27/h3-7H,1-2H3,(H,22,23). The molecule has 14 heteroatoms. The molecule has 0 unspecified atom stereocenters. The van der Waals surface area contributed by atoms with Crippen molar-refractivity contribution < 1.29 is 26.7 Å². The van der Waals surface area contributed by atoms with Crippen LogP contribution in [0.2, 0.25) is 0 Å². The van der Waals surface area contributed by atoms with E-state index in [4.69, 9.17) is 0 Å². The van der Waals surface area contributed by atoms with Gasteiger partial charge >= 0.3 is 5.97 Å². The van der Waals surface area contributed by atoms with Crippen molar-refractivity contribution in [3.8, 4) is 22.5 Å². The maximum atomic E-state index is 11.5. The minimum atomic E-state index is -3.61. The van der Waals surface area contributed by atoms with Gasteiger partial charge in [0.1, 0.15) is 0 Å². The van der Waals surface area contributed by atoms with Gasteiger partial charge in [0, 0.05) is 48.4 Å². The van der Waals surface area contributed by atoms with Gasteiger partial charge in [-0.1, -0.05) is 0 Å². The first-order valence-electron chi connectivity index (χ1n) is 7.62. The van der Waals surface area contributed by atoms with E-state index in [1.165, 1.54) is 30.9 Å². The average molecular weight is 436 g/mol. The summed E-state index contributed by atoms with van der Waals surface area (Å²) in [4.78, 5) is 34.2. The van der Waals surface area contributed by atoms with E-state index in [1.54, 1.807) is 0 Å². The van der Waals surface area contributed by atoms with Crippen LogP contribution in [0, 0.1) is 0 Å². The Kier molecular flexibility index (Phi) is 5.06. The number of nitrogens with zero attached hydrogens (tertiary/aromatic N) is 6. The number of carbonyl (C=O) groups is 1. The van der Waals surface area contributed by atoms with E-state index < -0.39 is 41.8 Å². The van der Waals surface area contributed by atoms with Gasteiger partial charge in [-0.05, 0) is 6.07 Å². The number of carboxylic acid groups (broad SMARTS) is 1. The molecule has 150 valence electrons. The minimum Gasteiger partial charge on any atom is -0.475 e. The molecule has 0 amide bonds. The second-order valence-corrected chi connectivity index (χ2v) is 9.64. The third kappa shape index (κ3) is 4.55. The molecule has 0 fully saturated rings. The predicted molar refractivity (Wildman–Crippen MR) is 97.3 cm³/mol. The lowest BCUT2D eigenvalue weighted by Crippen LogP contribution is -2.08. The van der Waals surface area contributed by atoms with Gasteiger partial charge in [-0.15, -0.1) is 0 Å². The highest BCUT2D eigenvalue weighted by atomic mass is 32.2. The first-order chi connectivity index (χ1) is 13.4. The fraction of sp³-hybridized carbons (Fsp3) is 0.133. The summed E-state index contributed by atoms with van der Waals surface area (Å²) in [6, 6.07) is 1.39. The SMILES string of the molecule is CS(=O)(=O)c1ncc(-c2cc(-c3cnc(S(C)(=O)=O)nc3)nc(C(=O)O)n2)cn1. The van der Waals surface area contributed by atoms with Crippen LogP contribution in [0.5, 0.6) is 0 Å². The molecule has 3 aromatic rings. The summed E-state index contributed by atoms with van der Waals surface area (Å²) >= 11 is 0. The Morgan fingerprint density at radius 1 is 0.759 bits per heavy atom. The van der Waals surface area contributed by atoms with E-state index in [2.05, 4.69) is 29.9 Å². The molecule has 1 N–H and O–H groups in total. The Bertz CT molecular complexity index is 1210. The van der Waals surface area contributed by atoms with Crippen LogP contribution in [0.4, 0.5) is 0 Å². The van der Waals surface area contributed by atoms with Gasteiger partial charge in [0.15, 0.2) is 0 Å². The molecule has 0 aromatic carbocycles. The summed E-state index contributed by atoms with van der Waals surface area (Å²) in [5.74, 6) is -1.95. The van der Waals surface area contributed by atoms with Gasteiger partial charge in [-0.3, -0.25) is 0 Å². The number of carboxylic acids is 1. The second kappa shape index (κ2) is 7.21. The first-order valence-corrected chi connectivity index (χ1v) is 11.4. The van der Waals surface area contributed by atoms with Crippen molar-refractivity contribution in [2.75, 3.05) is 12.5 Å². The molecule has 0 saturated carbocycles. The van der Waals surface area contributed by atoms with Crippen LogP contribution >= 0.6 is 0 Å². The zero-order valence-corrected chi connectivity index (χ0v) is 16.5. The molecule has 3 heterocycles. The molecule has 0 radical (unpaired) electrons. The Morgan fingerprint density at radius 3 is 1.38 bits per heavy atom. The molecule has 12 nitrogen and oxygen atoms in total. The maximum absolute atomic E-state index is 11.5. The molecule has 3 rings (SSSR count). The van der Waals surface area contributed by atoms with Crippen molar-refractivity contribution in [2.24, 2.45) is 0 Å². The molecule has 29 heavy (non-hydrogen) atoms. The summed E-state index contributed by atoms with van der Waals surface area (Å²) in [7, 11) is -7.21.